The third-order valence-electron chi connectivity index (χ3n) is 5.22. The van der Waals surface area contributed by atoms with Crippen LogP contribution >= 0.6 is 11.3 Å². The summed E-state index contributed by atoms with van der Waals surface area (Å²) in [5.41, 5.74) is 1.52. The number of nitrogens with one attached hydrogen (secondary N) is 1. The number of rotatable bonds is 8. The van der Waals surface area contributed by atoms with Gasteiger partial charge in [0.15, 0.2) is 28.5 Å². The first-order valence-electron chi connectivity index (χ1n) is 10.5. The average Bonchev–Trinajstić information content (AvgIpc) is 3.26. The van der Waals surface area contributed by atoms with Crippen LogP contribution in [0.25, 0.3) is 21.5 Å². The number of aromatic nitrogens is 3. The minimum Gasteiger partial charge on any atom is -0.493 e. The summed E-state index contributed by atoms with van der Waals surface area (Å²) in [5.74, 6) is 1.65. The number of carbonyl (C=O) groups excluding carboxylic acids is 1. The van der Waals surface area contributed by atoms with Crippen molar-refractivity contribution in [1.29, 1.82) is 0 Å². The van der Waals surface area contributed by atoms with E-state index in [0.717, 1.165) is 4.68 Å². The molecule has 0 spiro atoms. The number of ether oxygens (including phenoxy) is 4. The molecule has 2 heterocycles. The van der Waals surface area contributed by atoms with Crippen LogP contribution in [-0.2, 0) is 11.3 Å². The monoisotopic (exact) mass is 496 g/mol. The highest BCUT2D eigenvalue weighted by Gasteiger charge is 2.19. The fourth-order valence-corrected chi connectivity index (χ4v) is 4.51. The van der Waals surface area contributed by atoms with Crippen LogP contribution in [0.2, 0.25) is 0 Å². The number of hydrogen-bond acceptors (Lipinski definition) is 9. The number of carbonyl (C=O) groups is 1. The number of methoxy groups -OCH3 is 4. The average molecular weight is 497 g/mol. The van der Waals surface area contributed by atoms with Gasteiger partial charge in [0.05, 0.1) is 38.1 Å². The molecule has 2 aromatic carbocycles. The Kier molecular flexibility index (Phi) is 6.87. The lowest BCUT2D eigenvalue weighted by Gasteiger charge is -2.12. The fourth-order valence-electron chi connectivity index (χ4n) is 3.60. The van der Waals surface area contributed by atoms with Gasteiger partial charge in [-0.25, -0.2) is 9.67 Å². The van der Waals surface area contributed by atoms with Crippen LogP contribution in [0, 0.1) is 6.92 Å². The molecule has 0 bridgehead atoms. The zero-order valence-corrected chi connectivity index (χ0v) is 20.7. The van der Waals surface area contributed by atoms with Gasteiger partial charge >= 0.3 is 0 Å². The molecular formula is C24H24N4O6S. The molecule has 0 aliphatic heterocycles. The van der Waals surface area contributed by atoms with Gasteiger partial charge in [-0.2, -0.15) is 5.10 Å². The predicted octanol–water partition coefficient (Wildman–Crippen LogP) is 3.50. The molecule has 0 fully saturated rings. The van der Waals surface area contributed by atoms with Gasteiger partial charge in [0.1, 0.15) is 12.2 Å². The van der Waals surface area contributed by atoms with Gasteiger partial charge in [-0.15, -0.1) is 11.3 Å². The third-order valence-corrected chi connectivity index (χ3v) is 6.20. The van der Waals surface area contributed by atoms with E-state index < -0.39 is 11.5 Å². The van der Waals surface area contributed by atoms with Crippen LogP contribution in [0.1, 0.15) is 5.01 Å². The Labute approximate surface area is 205 Å². The van der Waals surface area contributed by atoms with E-state index in [0.29, 0.717) is 49.7 Å². The molecule has 1 amide bonds. The van der Waals surface area contributed by atoms with E-state index in [2.05, 4.69) is 15.4 Å². The minimum atomic E-state index is -0.448. The van der Waals surface area contributed by atoms with Gasteiger partial charge in [-0.3, -0.25) is 9.59 Å². The van der Waals surface area contributed by atoms with Crippen LogP contribution < -0.4 is 29.8 Å². The molecule has 0 unspecified atom stereocenters. The van der Waals surface area contributed by atoms with Crippen molar-refractivity contribution < 1.29 is 23.7 Å². The Morgan fingerprint density at radius 3 is 2.23 bits per heavy atom. The van der Waals surface area contributed by atoms with Crippen LogP contribution in [0.4, 0.5) is 5.69 Å². The molecule has 0 atom stereocenters. The number of nitrogens with zero attached hydrogens (tertiary/aromatic N) is 3. The number of anilines is 1. The maximum atomic E-state index is 13.1. The standard InChI is InChI=1S/C24H24N4O6S/c1-13-25-22-23(35-13)21(14-6-8-16(31-2)18(10-14)33-4)27-28(24(22)30)12-20(29)26-15-7-9-17(32-3)19(11-15)34-5/h6-11H,12H2,1-5H3,(H,26,29). The zero-order chi connectivity index (χ0) is 25.1. The lowest BCUT2D eigenvalue weighted by Crippen LogP contribution is -2.30. The normalized spacial score (nSPS) is 10.8. The van der Waals surface area contributed by atoms with Crippen molar-refractivity contribution in [2.24, 2.45) is 0 Å². The second-order valence-electron chi connectivity index (χ2n) is 7.41. The summed E-state index contributed by atoms with van der Waals surface area (Å²) in [6, 6.07) is 10.3. The van der Waals surface area contributed by atoms with E-state index in [1.165, 1.54) is 25.6 Å². The molecule has 10 nitrogen and oxygen atoms in total. The number of hydrogen-bond donors (Lipinski definition) is 1. The second-order valence-corrected chi connectivity index (χ2v) is 8.61. The van der Waals surface area contributed by atoms with Crippen molar-refractivity contribution in [3.05, 3.63) is 51.8 Å². The maximum Gasteiger partial charge on any atom is 0.294 e. The highest BCUT2D eigenvalue weighted by atomic mass is 32.1. The summed E-state index contributed by atoms with van der Waals surface area (Å²) in [5, 5.41) is 8.01. The van der Waals surface area contributed by atoms with E-state index in [-0.39, 0.29) is 12.1 Å². The van der Waals surface area contributed by atoms with E-state index in [9.17, 15) is 9.59 Å². The molecule has 2 aromatic heterocycles. The lowest BCUT2D eigenvalue weighted by atomic mass is 10.1. The lowest BCUT2D eigenvalue weighted by molar-refractivity contribution is -0.117. The van der Waals surface area contributed by atoms with E-state index in [1.807, 2.05) is 13.0 Å². The van der Waals surface area contributed by atoms with E-state index >= 15 is 0 Å². The van der Waals surface area contributed by atoms with Crippen LogP contribution in [0.15, 0.2) is 41.2 Å². The fraction of sp³-hybridized carbons (Fsp3) is 0.250. The van der Waals surface area contributed by atoms with E-state index in [1.54, 1.807) is 44.6 Å². The molecule has 4 rings (SSSR count). The van der Waals surface area contributed by atoms with Crippen LogP contribution in [-0.4, -0.2) is 49.1 Å². The Hall–Kier alpha value is -4.12. The van der Waals surface area contributed by atoms with Gasteiger partial charge in [-0.1, -0.05) is 0 Å². The minimum absolute atomic E-state index is 0.256. The van der Waals surface area contributed by atoms with Crippen molar-refractivity contribution in [3.8, 4) is 34.3 Å². The van der Waals surface area contributed by atoms with Crippen molar-refractivity contribution in [2.45, 2.75) is 13.5 Å². The van der Waals surface area contributed by atoms with Gasteiger partial charge < -0.3 is 24.3 Å². The summed E-state index contributed by atoms with van der Waals surface area (Å²) in [6.07, 6.45) is 0. The zero-order valence-electron chi connectivity index (χ0n) is 19.9. The first-order chi connectivity index (χ1) is 16.9. The summed E-state index contributed by atoms with van der Waals surface area (Å²) in [6.45, 7) is 1.51. The van der Waals surface area contributed by atoms with Gasteiger partial charge in [0.25, 0.3) is 5.56 Å². The number of fused-ring (bicyclic) bond motifs is 1. The largest absolute Gasteiger partial charge is 0.493 e. The van der Waals surface area contributed by atoms with Crippen LogP contribution in [0.5, 0.6) is 23.0 Å². The van der Waals surface area contributed by atoms with E-state index in [4.69, 9.17) is 18.9 Å². The molecular weight excluding hydrogens is 472 g/mol. The third kappa shape index (κ3) is 4.76. The Morgan fingerprint density at radius 2 is 1.57 bits per heavy atom. The topological polar surface area (TPSA) is 114 Å². The first-order valence-corrected chi connectivity index (χ1v) is 11.3. The second kappa shape index (κ2) is 10.0. The number of amides is 1. The smallest absolute Gasteiger partial charge is 0.294 e. The molecule has 182 valence electrons. The van der Waals surface area contributed by atoms with Gasteiger partial charge in [-0.05, 0) is 37.3 Å². The Balaban J connectivity index is 1.72. The molecule has 0 saturated carbocycles. The summed E-state index contributed by atoms with van der Waals surface area (Å²) in [4.78, 5) is 30.3. The highest BCUT2D eigenvalue weighted by molar-refractivity contribution is 7.19. The molecule has 4 aromatic rings. The Bertz CT molecular complexity index is 1460. The Morgan fingerprint density at radius 1 is 0.943 bits per heavy atom. The molecule has 35 heavy (non-hydrogen) atoms. The number of thiazole rings is 1. The highest BCUT2D eigenvalue weighted by Crippen LogP contribution is 2.35. The van der Waals surface area contributed by atoms with Crippen molar-refractivity contribution in [2.75, 3.05) is 33.8 Å². The van der Waals surface area contributed by atoms with Crippen molar-refractivity contribution in [3.63, 3.8) is 0 Å². The number of benzene rings is 2. The predicted molar refractivity (Wildman–Crippen MR) is 133 cm³/mol. The molecule has 1 N–H and O–H groups in total. The summed E-state index contributed by atoms with van der Waals surface area (Å²) >= 11 is 1.36. The SMILES string of the molecule is COc1ccc(NC(=O)Cn2nc(-c3ccc(OC)c(OC)c3)c3sc(C)nc3c2=O)cc1OC. The van der Waals surface area contributed by atoms with Gasteiger partial charge in [0, 0.05) is 17.3 Å². The van der Waals surface area contributed by atoms with Crippen molar-refractivity contribution in [1.82, 2.24) is 14.8 Å². The summed E-state index contributed by atoms with van der Waals surface area (Å²) < 4.78 is 23.0. The summed E-state index contributed by atoms with van der Waals surface area (Å²) in [7, 11) is 6.13. The van der Waals surface area contributed by atoms with Crippen molar-refractivity contribution >= 4 is 33.1 Å². The molecule has 0 saturated heterocycles. The first kappa shape index (κ1) is 24.0. The molecule has 0 aliphatic carbocycles. The maximum absolute atomic E-state index is 13.1. The molecule has 11 heteroatoms. The molecule has 0 aliphatic rings. The van der Waals surface area contributed by atoms with Crippen LogP contribution in [0.3, 0.4) is 0 Å². The molecule has 0 radical (unpaired) electrons. The quantitative estimate of drug-likeness (QED) is 0.394. The number of aryl methyl sites for hydroxylation is 1. The van der Waals surface area contributed by atoms with Gasteiger partial charge in [0.2, 0.25) is 5.91 Å².